The molecule has 4 saturated heterocycles. The molecule has 0 aromatic heterocycles. The van der Waals surface area contributed by atoms with Gasteiger partial charge in [-0.1, -0.05) is 34.6 Å². The van der Waals surface area contributed by atoms with E-state index in [2.05, 4.69) is 53.4 Å². The third kappa shape index (κ3) is 9.33. The van der Waals surface area contributed by atoms with Crippen LogP contribution >= 0.6 is 0 Å². The summed E-state index contributed by atoms with van der Waals surface area (Å²) in [5, 5.41) is 18.6. The predicted molar refractivity (Wildman–Crippen MR) is 246 cm³/mol. The molecule has 18 nitrogen and oxygen atoms in total. The van der Waals surface area contributed by atoms with E-state index in [0.717, 1.165) is 28.2 Å². The number of fused-ring (bicyclic) bond motifs is 9. The minimum Gasteiger partial charge on any atom is -0.383 e. The summed E-state index contributed by atoms with van der Waals surface area (Å²) in [5.41, 5.74) is 35.5. The Morgan fingerprint density at radius 2 is 1.12 bits per heavy atom. The molecule has 17 N–H and O–H groups in total. The highest BCUT2D eigenvalue weighted by atomic mass is 16.2. The zero-order chi connectivity index (χ0) is 48.8. The second-order valence-electron chi connectivity index (χ2n) is 21.3. The fraction of sp³-hybridized carbons (Fsp3) is 0.723. The number of amides is 7. The fourth-order valence-corrected chi connectivity index (χ4v) is 13.4. The van der Waals surface area contributed by atoms with Gasteiger partial charge in [0.2, 0.25) is 41.4 Å². The largest absolute Gasteiger partial charge is 0.383 e. The highest BCUT2D eigenvalue weighted by Crippen LogP contribution is 2.62. The van der Waals surface area contributed by atoms with Gasteiger partial charge in [-0.2, -0.15) is 0 Å². The van der Waals surface area contributed by atoms with Crippen LogP contribution in [0.3, 0.4) is 0 Å². The van der Waals surface area contributed by atoms with Crippen molar-refractivity contribution >= 4 is 41.4 Å². The van der Waals surface area contributed by atoms with E-state index >= 15 is 0 Å². The lowest BCUT2D eigenvalue weighted by Crippen LogP contribution is -2.64. The van der Waals surface area contributed by atoms with Crippen LogP contribution in [0.15, 0.2) is 34.3 Å². The Hall–Kier alpha value is -5.13. The minimum absolute atomic E-state index is 0.00964. The Morgan fingerprint density at radius 1 is 0.600 bits per heavy atom. The van der Waals surface area contributed by atoms with Gasteiger partial charge in [-0.25, -0.2) is 0 Å². The maximum absolute atomic E-state index is 13.5. The number of carbonyl (C=O) groups excluding carboxylic acids is 7. The van der Waals surface area contributed by atoms with Crippen molar-refractivity contribution in [2.45, 2.75) is 163 Å². The van der Waals surface area contributed by atoms with Crippen LogP contribution in [0.1, 0.15) is 133 Å². The molecule has 12 atom stereocenters. The highest BCUT2D eigenvalue weighted by molar-refractivity contribution is 5.78. The molecule has 362 valence electrons. The number of hydrogen-bond acceptors (Lipinski definition) is 11. The quantitative estimate of drug-likeness (QED) is 0.0866. The lowest BCUT2D eigenvalue weighted by molar-refractivity contribution is -0.124. The van der Waals surface area contributed by atoms with E-state index in [4.69, 9.17) is 34.4 Å². The van der Waals surface area contributed by atoms with Gasteiger partial charge in [-0.05, 0) is 88.4 Å². The fourth-order valence-electron chi connectivity index (χ4n) is 13.4. The number of rotatable bonds is 19. The summed E-state index contributed by atoms with van der Waals surface area (Å²) in [6, 6.07) is -2.05. The number of carbonyl (C=O) groups is 7. The SMILES string of the molecule is CCNC(=O)CC[C@@]1(C)/C2=C(\C)[C@H]3N/C(=C\C4N/C(=C(/C)C5N[C@@](C)([C@H](N2)[C@@H]1CC(N)=O)[C@@](C)(CC(N)=O)[C@@H]5CCC(N)=O)[C@@](C)(CC(N)=O)[C@@H]4CCC(N)=O)C(C)(C)[C@@H]3CCC(N)=O. The van der Waals surface area contributed by atoms with Crippen LogP contribution in [0.5, 0.6) is 0 Å². The van der Waals surface area contributed by atoms with Crippen molar-refractivity contribution in [2.75, 3.05) is 6.54 Å². The molecule has 4 fully saturated rings. The molecule has 0 aliphatic carbocycles. The summed E-state index contributed by atoms with van der Waals surface area (Å²) in [6.45, 7) is 18.6. The average Bonchev–Trinajstić information content (AvgIpc) is 3.78. The smallest absolute Gasteiger partial charge is 0.220 e. The second-order valence-corrected chi connectivity index (χ2v) is 21.3. The Kier molecular flexibility index (Phi) is 14.6. The van der Waals surface area contributed by atoms with Gasteiger partial charge < -0.3 is 61.0 Å². The number of nitrogens with one attached hydrogen (secondary N) is 5. The van der Waals surface area contributed by atoms with Crippen molar-refractivity contribution in [3.63, 3.8) is 0 Å². The number of hydrogen-bond donors (Lipinski definition) is 11. The molecular formula is C47H77N11O7. The Labute approximate surface area is 383 Å². The number of allylic oxidation sites excluding steroid dienone is 3. The normalized spacial score (nSPS) is 38.8. The lowest BCUT2D eigenvalue weighted by Gasteiger charge is -2.49. The van der Waals surface area contributed by atoms with Gasteiger partial charge in [0.15, 0.2) is 0 Å². The van der Waals surface area contributed by atoms with Crippen molar-refractivity contribution < 1.29 is 33.6 Å². The Bertz CT molecular complexity index is 2070. The first-order chi connectivity index (χ1) is 30.1. The van der Waals surface area contributed by atoms with Crippen molar-refractivity contribution in [3.8, 4) is 0 Å². The third-order valence-electron chi connectivity index (χ3n) is 17.0. The first-order valence-electron chi connectivity index (χ1n) is 23.3. The van der Waals surface area contributed by atoms with Gasteiger partial charge in [-0.3, -0.25) is 33.6 Å². The molecule has 0 saturated carbocycles. The van der Waals surface area contributed by atoms with Gasteiger partial charge in [0.05, 0.1) is 6.04 Å². The monoisotopic (exact) mass is 908 g/mol. The molecule has 7 amide bonds. The predicted octanol–water partition coefficient (Wildman–Crippen LogP) is 0.927. The first kappa shape index (κ1) is 50.9. The zero-order valence-electron chi connectivity index (χ0n) is 40.0. The molecule has 5 aliphatic rings. The summed E-state index contributed by atoms with van der Waals surface area (Å²) < 4.78 is 0. The molecule has 2 unspecified atom stereocenters. The minimum atomic E-state index is -1.10. The molecule has 65 heavy (non-hydrogen) atoms. The molecule has 18 heteroatoms. The standard InChI is InChI=1S/C47H77N11O7/c1-10-54-37(65)17-18-44(6)28(19-34(51)62)42-47(9)46(8,22-36(53)64)27(13-16-33(50)61)39(58-47)24(3)41-45(7,21-35(52)63)25(11-14-31(48)59)29(55-41)20-30-43(4,5)26(12-15-32(49)60)38(56-30)23(2)40(44)57-42/h20,25-29,38-39,42,55-58H,10-19,21-22H2,1-9H3,(H2,48,59)(H2,49,60)(H2,50,61)(H2,51,62)(H2,52,63)(H2,53,64)(H,54,65)/b30-20-,40-23-,41-24-/t25-,26-,27-,28+,29?,38-,39?,42-,44-,45+,46+,47+/m1/s1. The molecular weight excluding hydrogens is 831 g/mol. The molecule has 0 aromatic carbocycles. The summed E-state index contributed by atoms with van der Waals surface area (Å²) >= 11 is 0. The zero-order valence-corrected chi connectivity index (χ0v) is 40.0. The molecule has 8 bridgehead atoms. The van der Waals surface area contributed by atoms with Gasteiger partial charge in [0, 0.05) is 120 Å². The van der Waals surface area contributed by atoms with Crippen molar-refractivity contribution in [1.29, 1.82) is 0 Å². The summed E-state index contributed by atoms with van der Waals surface area (Å²) in [7, 11) is 0. The maximum Gasteiger partial charge on any atom is 0.220 e. The van der Waals surface area contributed by atoms with Crippen molar-refractivity contribution in [1.82, 2.24) is 26.6 Å². The summed E-state index contributed by atoms with van der Waals surface area (Å²) in [4.78, 5) is 91.2. The van der Waals surface area contributed by atoms with Crippen LogP contribution in [0.2, 0.25) is 0 Å². The van der Waals surface area contributed by atoms with Gasteiger partial charge >= 0.3 is 0 Å². The average molecular weight is 908 g/mol. The molecule has 5 aliphatic heterocycles. The van der Waals surface area contributed by atoms with Gasteiger partial charge in [0.25, 0.3) is 0 Å². The van der Waals surface area contributed by atoms with Crippen LogP contribution in [-0.2, 0) is 33.6 Å². The van der Waals surface area contributed by atoms with Gasteiger partial charge in [0.1, 0.15) is 0 Å². The van der Waals surface area contributed by atoms with Crippen LogP contribution in [0.25, 0.3) is 0 Å². The van der Waals surface area contributed by atoms with E-state index in [1.807, 2.05) is 41.5 Å². The van der Waals surface area contributed by atoms with Crippen LogP contribution in [0.4, 0.5) is 0 Å². The molecule has 5 rings (SSSR count). The first-order valence-corrected chi connectivity index (χ1v) is 23.3. The molecule has 5 heterocycles. The summed E-state index contributed by atoms with van der Waals surface area (Å²) in [6.07, 6.45) is 3.47. The topological polar surface area (TPSA) is 336 Å². The van der Waals surface area contributed by atoms with E-state index in [9.17, 15) is 33.6 Å². The van der Waals surface area contributed by atoms with E-state index in [1.54, 1.807) is 0 Å². The molecule has 0 aromatic rings. The van der Waals surface area contributed by atoms with Crippen molar-refractivity contribution in [2.24, 2.45) is 79.7 Å². The Balaban J connectivity index is 1.96. The Morgan fingerprint density at radius 3 is 1.65 bits per heavy atom. The lowest BCUT2D eigenvalue weighted by atomic mass is 9.56. The highest BCUT2D eigenvalue weighted by Gasteiger charge is 2.68. The number of primary amides is 6. The van der Waals surface area contributed by atoms with E-state index < -0.39 is 98.6 Å². The van der Waals surface area contributed by atoms with E-state index in [1.165, 1.54) is 0 Å². The maximum atomic E-state index is 13.5. The van der Waals surface area contributed by atoms with Gasteiger partial charge in [-0.15, -0.1) is 0 Å². The molecule has 0 spiro atoms. The number of nitrogens with two attached hydrogens (primary N) is 6. The summed E-state index contributed by atoms with van der Waals surface area (Å²) in [5.74, 6) is -4.89. The van der Waals surface area contributed by atoms with Crippen LogP contribution in [0, 0.1) is 45.3 Å². The van der Waals surface area contributed by atoms with E-state index in [0.29, 0.717) is 25.8 Å². The second kappa shape index (κ2) is 18.6. The van der Waals surface area contributed by atoms with Crippen LogP contribution < -0.4 is 61.0 Å². The third-order valence-corrected chi connectivity index (χ3v) is 17.0. The van der Waals surface area contributed by atoms with Crippen LogP contribution in [-0.4, -0.2) is 77.6 Å². The van der Waals surface area contributed by atoms with E-state index in [-0.39, 0.29) is 69.1 Å². The van der Waals surface area contributed by atoms with Crippen molar-refractivity contribution in [3.05, 3.63) is 34.3 Å². The molecule has 0 radical (unpaired) electrons.